The maximum absolute atomic E-state index is 5.80. The Morgan fingerprint density at radius 1 is 1.11 bits per heavy atom. The first-order valence-electron chi connectivity index (χ1n) is 12.3. The number of hydrogen-bond donors (Lipinski definition) is 1. The van der Waals surface area contributed by atoms with Crippen LogP contribution in [0.2, 0.25) is 0 Å². The lowest BCUT2D eigenvalue weighted by molar-refractivity contribution is 0.0623. The fourth-order valence-corrected chi connectivity index (χ4v) is 5.14. The summed E-state index contributed by atoms with van der Waals surface area (Å²) in [5, 5.41) is 1.22. The summed E-state index contributed by atoms with van der Waals surface area (Å²) in [6.45, 7) is 4.04. The minimum Gasteiger partial charge on any atom is -0.479 e. The van der Waals surface area contributed by atoms with Crippen LogP contribution in [0.3, 0.4) is 0 Å². The lowest BCUT2D eigenvalue weighted by atomic mass is 9.90. The molecule has 0 aliphatic carbocycles. The van der Waals surface area contributed by atoms with Crippen LogP contribution in [-0.2, 0) is 16.6 Å². The molecule has 1 fully saturated rings. The second-order valence-electron chi connectivity index (χ2n) is 9.41. The molecule has 0 saturated carbocycles. The van der Waals surface area contributed by atoms with Gasteiger partial charge in [0, 0.05) is 49.1 Å². The maximum Gasteiger partial charge on any atom is 0.238 e. The molecular formula is C27H30N6O3. The van der Waals surface area contributed by atoms with Crippen molar-refractivity contribution in [2.45, 2.75) is 31.7 Å². The van der Waals surface area contributed by atoms with Gasteiger partial charge < -0.3 is 18.6 Å². The number of methoxy groups -OCH3 is 1. The van der Waals surface area contributed by atoms with Gasteiger partial charge in [-0.1, -0.05) is 6.07 Å². The van der Waals surface area contributed by atoms with Gasteiger partial charge in [-0.05, 0) is 55.5 Å². The number of benzene rings is 1. The minimum atomic E-state index is -0.154. The Kier molecular flexibility index (Phi) is 5.94. The number of hydrogen-bond acceptors (Lipinski definition) is 7. The molecule has 9 nitrogen and oxygen atoms in total. The van der Waals surface area contributed by atoms with Gasteiger partial charge in [0.1, 0.15) is 24.0 Å². The molecule has 36 heavy (non-hydrogen) atoms. The number of nitrogens with zero attached hydrogens (tertiary/aromatic N) is 5. The Hall–Kier alpha value is -3.69. The summed E-state index contributed by atoms with van der Waals surface area (Å²) in [5.41, 5.74) is 9.06. The number of aromatic nitrogens is 4. The van der Waals surface area contributed by atoms with E-state index in [1.54, 1.807) is 13.4 Å². The fourth-order valence-electron chi connectivity index (χ4n) is 5.14. The van der Waals surface area contributed by atoms with Crippen LogP contribution in [-0.4, -0.2) is 51.9 Å². The Morgan fingerprint density at radius 3 is 2.75 bits per heavy atom. The fraction of sp³-hybridized carbons (Fsp3) is 0.370. The molecule has 1 unspecified atom stereocenters. The van der Waals surface area contributed by atoms with Gasteiger partial charge >= 0.3 is 0 Å². The van der Waals surface area contributed by atoms with E-state index in [2.05, 4.69) is 46.5 Å². The van der Waals surface area contributed by atoms with Crippen molar-refractivity contribution in [2.75, 3.05) is 26.9 Å². The number of amidine groups is 1. The van der Waals surface area contributed by atoms with Crippen LogP contribution in [0.1, 0.15) is 47.3 Å². The normalized spacial score (nSPS) is 18.8. The van der Waals surface area contributed by atoms with E-state index < -0.39 is 0 Å². The Labute approximate surface area is 209 Å². The smallest absolute Gasteiger partial charge is 0.238 e. The van der Waals surface area contributed by atoms with Crippen molar-refractivity contribution in [3.05, 3.63) is 71.6 Å². The SMILES string of the molecule is COc1nc(C2=NC(c3cn(C)c4ccc(C5CCOCC5)cc34)CON2)ccc1-n1cnc(C)c1. The van der Waals surface area contributed by atoms with E-state index in [0.29, 0.717) is 29.9 Å². The molecule has 2 aliphatic rings. The Bertz CT molecular complexity index is 1430. The van der Waals surface area contributed by atoms with Crippen LogP contribution in [0.25, 0.3) is 16.6 Å². The van der Waals surface area contributed by atoms with E-state index in [1.807, 2.05) is 29.8 Å². The van der Waals surface area contributed by atoms with Crippen molar-refractivity contribution in [3.8, 4) is 11.6 Å². The zero-order valence-electron chi connectivity index (χ0n) is 20.8. The summed E-state index contributed by atoms with van der Waals surface area (Å²) in [5.74, 6) is 1.60. The second-order valence-corrected chi connectivity index (χ2v) is 9.41. The molecule has 5 heterocycles. The van der Waals surface area contributed by atoms with Crippen LogP contribution < -0.4 is 10.2 Å². The molecule has 2 aliphatic heterocycles. The number of pyridine rings is 1. The van der Waals surface area contributed by atoms with Crippen molar-refractivity contribution in [1.82, 2.24) is 24.6 Å². The molecule has 9 heteroatoms. The van der Waals surface area contributed by atoms with E-state index in [1.165, 1.54) is 16.5 Å². The van der Waals surface area contributed by atoms with Crippen molar-refractivity contribution in [1.29, 1.82) is 0 Å². The van der Waals surface area contributed by atoms with Crippen LogP contribution in [0.15, 0.2) is 54.0 Å². The van der Waals surface area contributed by atoms with Gasteiger partial charge in [-0.2, -0.15) is 0 Å². The predicted molar refractivity (Wildman–Crippen MR) is 137 cm³/mol. The number of aryl methyl sites for hydroxylation is 2. The number of ether oxygens (including phenoxy) is 2. The van der Waals surface area contributed by atoms with Crippen LogP contribution in [0.5, 0.6) is 5.88 Å². The van der Waals surface area contributed by atoms with Crippen molar-refractivity contribution in [3.63, 3.8) is 0 Å². The molecule has 0 radical (unpaired) electrons. The predicted octanol–water partition coefficient (Wildman–Crippen LogP) is 3.99. The highest BCUT2D eigenvalue weighted by Gasteiger charge is 2.25. The molecule has 0 spiro atoms. The van der Waals surface area contributed by atoms with Crippen molar-refractivity contribution < 1.29 is 14.3 Å². The molecule has 0 amide bonds. The lowest BCUT2D eigenvalue weighted by Crippen LogP contribution is -2.33. The highest BCUT2D eigenvalue weighted by molar-refractivity contribution is 5.97. The molecule has 4 aromatic rings. The topological polar surface area (TPSA) is 87.7 Å². The monoisotopic (exact) mass is 486 g/mol. The van der Waals surface area contributed by atoms with Gasteiger partial charge in [0.25, 0.3) is 0 Å². The summed E-state index contributed by atoms with van der Waals surface area (Å²) in [4.78, 5) is 19.8. The van der Waals surface area contributed by atoms with E-state index in [4.69, 9.17) is 24.3 Å². The highest BCUT2D eigenvalue weighted by atomic mass is 16.6. The molecule has 1 aromatic carbocycles. The summed E-state index contributed by atoms with van der Waals surface area (Å²) in [6.07, 6.45) is 7.98. The molecule has 186 valence electrons. The summed E-state index contributed by atoms with van der Waals surface area (Å²) >= 11 is 0. The highest BCUT2D eigenvalue weighted by Crippen LogP contribution is 2.35. The molecule has 1 N–H and O–H groups in total. The largest absolute Gasteiger partial charge is 0.479 e. The van der Waals surface area contributed by atoms with Gasteiger partial charge in [-0.15, -0.1) is 0 Å². The lowest BCUT2D eigenvalue weighted by Gasteiger charge is -2.23. The number of hydroxylamine groups is 1. The number of aliphatic imine (C=N–C) groups is 1. The summed E-state index contributed by atoms with van der Waals surface area (Å²) < 4.78 is 15.2. The van der Waals surface area contributed by atoms with Crippen LogP contribution in [0, 0.1) is 6.92 Å². The average molecular weight is 487 g/mol. The van der Waals surface area contributed by atoms with Crippen molar-refractivity contribution in [2.24, 2.45) is 12.0 Å². The molecular weight excluding hydrogens is 456 g/mol. The number of nitrogens with one attached hydrogen (secondary N) is 1. The molecule has 1 saturated heterocycles. The van der Waals surface area contributed by atoms with Gasteiger partial charge in [0.2, 0.25) is 5.88 Å². The third-order valence-electron chi connectivity index (χ3n) is 7.06. The summed E-state index contributed by atoms with van der Waals surface area (Å²) in [6, 6.07) is 10.5. The standard InChI is InChI=1S/C27H30N6O3/c1-17-13-33(16-28-17)25-7-5-22(30-27(25)34-3)26-29-23(15-36-31-26)21-14-32(2)24-6-4-19(12-20(21)24)18-8-10-35-11-9-18/h4-7,12-14,16,18,23H,8-11,15H2,1-3H3,(H,29,31). The van der Waals surface area contributed by atoms with Gasteiger partial charge in [0.15, 0.2) is 5.84 Å². The molecule has 6 rings (SSSR count). The van der Waals surface area contributed by atoms with E-state index in [9.17, 15) is 0 Å². The maximum atomic E-state index is 5.80. The van der Waals surface area contributed by atoms with E-state index in [0.717, 1.165) is 43.0 Å². The first kappa shape index (κ1) is 22.8. The average Bonchev–Trinajstić information content (AvgIpc) is 3.51. The quantitative estimate of drug-likeness (QED) is 0.459. The minimum absolute atomic E-state index is 0.154. The second kappa shape index (κ2) is 9.40. The third kappa shape index (κ3) is 4.14. The zero-order chi connectivity index (χ0) is 24.6. The molecule has 3 aromatic heterocycles. The van der Waals surface area contributed by atoms with Gasteiger partial charge in [0.05, 0.1) is 19.1 Å². The van der Waals surface area contributed by atoms with Crippen LogP contribution >= 0.6 is 0 Å². The zero-order valence-corrected chi connectivity index (χ0v) is 20.8. The van der Waals surface area contributed by atoms with E-state index >= 15 is 0 Å². The first-order chi connectivity index (χ1) is 17.6. The van der Waals surface area contributed by atoms with E-state index in [-0.39, 0.29) is 6.04 Å². The van der Waals surface area contributed by atoms with Gasteiger partial charge in [-0.25, -0.2) is 15.4 Å². The third-order valence-corrected chi connectivity index (χ3v) is 7.06. The van der Waals surface area contributed by atoms with Gasteiger partial charge in [-0.3, -0.25) is 9.83 Å². The first-order valence-corrected chi connectivity index (χ1v) is 12.3. The molecule has 0 bridgehead atoms. The number of rotatable bonds is 5. The van der Waals surface area contributed by atoms with Crippen LogP contribution in [0.4, 0.5) is 0 Å². The number of imidazole rings is 1. The summed E-state index contributed by atoms with van der Waals surface area (Å²) in [7, 11) is 3.69. The Morgan fingerprint density at radius 2 is 1.97 bits per heavy atom. The van der Waals surface area contributed by atoms with Crippen molar-refractivity contribution >= 4 is 16.7 Å². The number of fused-ring (bicyclic) bond motifs is 1. The Balaban J connectivity index is 1.35. The molecule has 1 atom stereocenters.